The van der Waals surface area contributed by atoms with E-state index in [2.05, 4.69) is 15.5 Å². The van der Waals surface area contributed by atoms with Crippen molar-refractivity contribution in [2.45, 2.75) is 23.9 Å². The van der Waals surface area contributed by atoms with E-state index in [-0.39, 0.29) is 17.8 Å². The zero-order chi connectivity index (χ0) is 19.2. The highest BCUT2D eigenvalue weighted by Crippen LogP contribution is 2.23. The van der Waals surface area contributed by atoms with Gasteiger partial charge in [0.25, 0.3) is 0 Å². The highest BCUT2D eigenvalue weighted by atomic mass is 35.5. The smallest absolute Gasteiger partial charge is 0.237 e. The predicted octanol–water partition coefficient (Wildman–Crippen LogP) is 4.17. The first-order valence-corrected chi connectivity index (χ1v) is 9.58. The number of halogens is 1. The minimum absolute atomic E-state index is 0.0897. The second-order valence-electron chi connectivity index (χ2n) is 5.82. The maximum Gasteiger partial charge on any atom is 0.237 e. The van der Waals surface area contributed by atoms with Crippen molar-refractivity contribution in [3.63, 3.8) is 0 Å². The van der Waals surface area contributed by atoms with Crippen LogP contribution in [0.25, 0.3) is 0 Å². The van der Waals surface area contributed by atoms with E-state index < -0.39 is 0 Å². The molecule has 1 aromatic heterocycles. The number of carbonyl (C=O) groups excluding carboxylic acids is 1. The number of anilines is 1. The number of hydrogen-bond acceptors (Lipinski definition) is 5. The molecule has 1 amide bonds. The summed E-state index contributed by atoms with van der Waals surface area (Å²) in [5, 5.41) is 12.2. The molecule has 8 heteroatoms. The number of thioether (sulfide) groups is 1. The molecule has 6 nitrogen and oxygen atoms in total. The molecular weight excluding hydrogens is 384 g/mol. The van der Waals surface area contributed by atoms with Gasteiger partial charge in [-0.3, -0.25) is 4.79 Å². The molecule has 0 aliphatic rings. The lowest BCUT2D eigenvalue weighted by molar-refractivity contribution is -0.115. The molecule has 1 atom stereocenters. The Hall–Kier alpha value is -2.51. The van der Waals surface area contributed by atoms with Gasteiger partial charge in [-0.15, -0.1) is 10.2 Å². The molecule has 1 N–H and O–H groups in total. The Morgan fingerprint density at radius 1 is 1.19 bits per heavy atom. The van der Waals surface area contributed by atoms with Crippen molar-refractivity contribution in [1.29, 1.82) is 0 Å². The van der Waals surface area contributed by atoms with Crippen molar-refractivity contribution in [2.24, 2.45) is 7.05 Å². The summed E-state index contributed by atoms with van der Waals surface area (Å²) in [6.07, 6.45) is 0. The molecule has 0 unspecified atom stereocenters. The fourth-order valence-electron chi connectivity index (χ4n) is 2.23. The molecule has 3 rings (SSSR count). The number of nitrogens with zero attached hydrogens (tertiary/aromatic N) is 3. The molecule has 1 heterocycles. The Labute approximate surface area is 166 Å². The molecular formula is C19H19ClN4O2S. The Balaban J connectivity index is 1.57. The molecule has 27 heavy (non-hydrogen) atoms. The number of amides is 1. The Morgan fingerprint density at radius 2 is 1.89 bits per heavy atom. The van der Waals surface area contributed by atoms with Gasteiger partial charge in [-0.1, -0.05) is 41.6 Å². The number of nitrogens with one attached hydrogen (secondary N) is 1. The SMILES string of the molecule is C[C@H](Sc1nnc(COc2ccc(Cl)cc2)n1C)C(=O)Nc1ccccc1. The van der Waals surface area contributed by atoms with Crippen LogP contribution in [0.4, 0.5) is 5.69 Å². The molecule has 0 aliphatic carbocycles. The van der Waals surface area contributed by atoms with E-state index >= 15 is 0 Å². The molecule has 0 saturated carbocycles. The quantitative estimate of drug-likeness (QED) is 0.601. The summed E-state index contributed by atoms with van der Waals surface area (Å²) in [5.74, 6) is 1.28. The lowest BCUT2D eigenvalue weighted by atomic mass is 10.3. The highest BCUT2D eigenvalue weighted by Gasteiger charge is 2.19. The van der Waals surface area contributed by atoms with Crippen LogP contribution in [0.1, 0.15) is 12.7 Å². The van der Waals surface area contributed by atoms with E-state index in [1.807, 2.05) is 48.9 Å². The number of rotatable bonds is 7. The van der Waals surface area contributed by atoms with Gasteiger partial charge in [0.15, 0.2) is 11.0 Å². The number of benzene rings is 2. The Bertz CT molecular complexity index is 900. The molecule has 0 saturated heterocycles. The fourth-order valence-corrected chi connectivity index (χ4v) is 3.19. The van der Waals surface area contributed by atoms with Crippen LogP contribution in [0.5, 0.6) is 5.75 Å². The van der Waals surface area contributed by atoms with E-state index in [4.69, 9.17) is 16.3 Å². The van der Waals surface area contributed by atoms with Crippen molar-refractivity contribution in [2.75, 3.05) is 5.32 Å². The molecule has 0 spiro atoms. The fraction of sp³-hybridized carbons (Fsp3) is 0.211. The van der Waals surface area contributed by atoms with Crippen LogP contribution in [0, 0.1) is 0 Å². The first kappa shape index (κ1) is 19.3. The topological polar surface area (TPSA) is 69.0 Å². The van der Waals surface area contributed by atoms with E-state index in [1.165, 1.54) is 11.8 Å². The van der Waals surface area contributed by atoms with Crippen LogP contribution in [-0.2, 0) is 18.4 Å². The number of carbonyl (C=O) groups is 1. The normalized spacial score (nSPS) is 11.8. The molecule has 2 aromatic carbocycles. The summed E-state index contributed by atoms with van der Waals surface area (Å²) in [6.45, 7) is 2.11. The largest absolute Gasteiger partial charge is 0.486 e. The van der Waals surface area contributed by atoms with E-state index in [0.717, 1.165) is 5.69 Å². The van der Waals surface area contributed by atoms with Gasteiger partial charge in [0.05, 0.1) is 5.25 Å². The van der Waals surface area contributed by atoms with Crippen LogP contribution in [0.3, 0.4) is 0 Å². The zero-order valence-electron chi connectivity index (χ0n) is 14.9. The van der Waals surface area contributed by atoms with Gasteiger partial charge in [-0.25, -0.2) is 0 Å². The highest BCUT2D eigenvalue weighted by molar-refractivity contribution is 8.00. The lowest BCUT2D eigenvalue weighted by Gasteiger charge is -2.11. The average Bonchev–Trinajstić information content (AvgIpc) is 3.02. The molecule has 3 aromatic rings. The molecule has 0 aliphatic heterocycles. The second-order valence-corrected chi connectivity index (χ2v) is 7.56. The van der Waals surface area contributed by atoms with Gasteiger partial charge in [-0.2, -0.15) is 0 Å². The standard InChI is InChI=1S/C19H19ClN4O2S/c1-13(18(25)21-15-6-4-3-5-7-15)27-19-23-22-17(24(19)2)12-26-16-10-8-14(20)9-11-16/h3-11,13H,12H2,1-2H3,(H,21,25)/t13-/m0/s1. The van der Waals surface area contributed by atoms with Crippen LogP contribution in [0.15, 0.2) is 59.8 Å². The minimum atomic E-state index is -0.321. The third-order valence-electron chi connectivity index (χ3n) is 3.80. The summed E-state index contributed by atoms with van der Waals surface area (Å²) < 4.78 is 7.53. The Morgan fingerprint density at radius 3 is 2.59 bits per heavy atom. The van der Waals surface area contributed by atoms with Crippen LogP contribution in [0.2, 0.25) is 5.02 Å². The maximum atomic E-state index is 12.3. The van der Waals surface area contributed by atoms with Crippen LogP contribution >= 0.6 is 23.4 Å². The summed E-state index contributed by atoms with van der Waals surface area (Å²) in [4.78, 5) is 12.3. The summed E-state index contributed by atoms with van der Waals surface area (Å²) in [7, 11) is 1.85. The number of aromatic nitrogens is 3. The van der Waals surface area contributed by atoms with Crippen molar-refractivity contribution in [1.82, 2.24) is 14.8 Å². The lowest BCUT2D eigenvalue weighted by Crippen LogP contribution is -2.22. The molecule has 0 fully saturated rings. The maximum absolute atomic E-state index is 12.3. The monoisotopic (exact) mass is 402 g/mol. The summed E-state index contributed by atoms with van der Waals surface area (Å²) in [5.41, 5.74) is 0.768. The predicted molar refractivity (Wildman–Crippen MR) is 107 cm³/mol. The van der Waals surface area contributed by atoms with Crippen LogP contribution in [-0.4, -0.2) is 25.9 Å². The van der Waals surface area contributed by atoms with Crippen molar-refractivity contribution in [3.8, 4) is 5.75 Å². The van der Waals surface area contributed by atoms with Crippen molar-refractivity contribution >= 4 is 35.0 Å². The molecule has 0 bridgehead atoms. The van der Waals surface area contributed by atoms with Crippen molar-refractivity contribution < 1.29 is 9.53 Å². The third kappa shape index (κ3) is 5.24. The third-order valence-corrected chi connectivity index (χ3v) is 5.19. The van der Waals surface area contributed by atoms with E-state index in [9.17, 15) is 4.79 Å². The average molecular weight is 403 g/mol. The number of para-hydroxylation sites is 1. The van der Waals surface area contributed by atoms with Crippen molar-refractivity contribution in [3.05, 3.63) is 65.4 Å². The zero-order valence-corrected chi connectivity index (χ0v) is 16.5. The minimum Gasteiger partial charge on any atom is -0.486 e. The number of hydrogen-bond donors (Lipinski definition) is 1. The van der Waals surface area contributed by atoms with E-state index in [1.54, 1.807) is 24.3 Å². The second kappa shape index (κ2) is 8.92. The summed E-state index contributed by atoms with van der Waals surface area (Å²) >= 11 is 7.21. The van der Waals surface area contributed by atoms with Crippen LogP contribution < -0.4 is 10.1 Å². The first-order valence-electron chi connectivity index (χ1n) is 8.32. The van der Waals surface area contributed by atoms with Gasteiger partial charge >= 0.3 is 0 Å². The van der Waals surface area contributed by atoms with Gasteiger partial charge in [0, 0.05) is 17.8 Å². The van der Waals surface area contributed by atoms with Gasteiger partial charge in [0.2, 0.25) is 5.91 Å². The molecule has 0 radical (unpaired) electrons. The van der Waals surface area contributed by atoms with E-state index in [0.29, 0.717) is 21.8 Å². The Kier molecular flexibility index (Phi) is 6.36. The van der Waals surface area contributed by atoms with Gasteiger partial charge < -0.3 is 14.6 Å². The first-order chi connectivity index (χ1) is 13.0. The van der Waals surface area contributed by atoms with Gasteiger partial charge in [-0.05, 0) is 43.3 Å². The van der Waals surface area contributed by atoms with Gasteiger partial charge in [0.1, 0.15) is 12.4 Å². The molecule has 140 valence electrons. The summed E-state index contributed by atoms with van der Waals surface area (Å²) in [6, 6.07) is 16.5. The number of ether oxygens (including phenoxy) is 1.